The van der Waals surface area contributed by atoms with Crippen molar-refractivity contribution in [1.29, 1.82) is 0 Å². The van der Waals surface area contributed by atoms with Gasteiger partial charge in [0, 0.05) is 20.6 Å². The van der Waals surface area contributed by atoms with Gasteiger partial charge in [-0.25, -0.2) is 0 Å². The Morgan fingerprint density at radius 2 is 1.95 bits per heavy atom. The van der Waals surface area contributed by atoms with Crippen LogP contribution in [0.1, 0.15) is 23.2 Å². The summed E-state index contributed by atoms with van der Waals surface area (Å²) in [6, 6.07) is 7.02. The van der Waals surface area contributed by atoms with Crippen LogP contribution in [-0.2, 0) is 4.79 Å². The fraction of sp³-hybridized carbons (Fsp3) is 0.429. The number of amides is 2. The highest BCUT2D eigenvalue weighted by atomic mass is 16.2. The lowest BCUT2D eigenvalue weighted by Crippen LogP contribution is -2.32. The standard InChI is InChI=1S/C14H19N3O2/c1-17(2)12(18)10-5-3-4-6-11(10)16-13(19)14(9-15)7-8-14/h3-6H,7-9,15H2,1-2H3,(H,16,19). The second kappa shape index (κ2) is 5.01. The molecule has 0 spiro atoms. The maximum Gasteiger partial charge on any atom is 0.255 e. The van der Waals surface area contributed by atoms with Crippen LogP contribution < -0.4 is 11.1 Å². The molecule has 0 bridgehead atoms. The van der Waals surface area contributed by atoms with Crippen LogP contribution in [-0.4, -0.2) is 37.4 Å². The van der Waals surface area contributed by atoms with Crippen molar-refractivity contribution in [3.05, 3.63) is 29.8 Å². The molecule has 0 heterocycles. The van der Waals surface area contributed by atoms with Crippen molar-refractivity contribution < 1.29 is 9.59 Å². The third-order valence-corrected chi connectivity index (χ3v) is 3.54. The van der Waals surface area contributed by atoms with Gasteiger partial charge in [0.15, 0.2) is 0 Å². The van der Waals surface area contributed by atoms with Gasteiger partial charge in [0.2, 0.25) is 5.91 Å². The molecular formula is C14H19N3O2. The number of anilines is 1. The topological polar surface area (TPSA) is 75.4 Å². The lowest BCUT2D eigenvalue weighted by atomic mass is 10.1. The van der Waals surface area contributed by atoms with Crippen LogP contribution >= 0.6 is 0 Å². The van der Waals surface area contributed by atoms with E-state index in [0.29, 0.717) is 17.8 Å². The minimum Gasteiger partial charge on any atom is -0.345 e. The van der Waals surface area contributed by atoms with Crippen molar-refractivity contribution in [2.24, 2.45) is 11.1 Å². The Balaban J connectivity index is 2.21. The zero-order valence-electron chi connectivity index (χ0n) is 11.3. The molecule has 102 valence electrons. The molecule has 1 saturated carbocycles. The quantitative estimate of drug-likeness (QED) is 0.851. The first-order chi connectivity index (χ1) is 9.00. The maximum atomic E-state index is 12.2. The van der Waals surface area contributed by atoms with Crippen LogP contribution in [0, 0.1) is 5.41 Å². The molecule has 0 saturated heterocycles. The molecule has 1 aromatic rings. The number of nitrogens with two attached hydrogens (primary N) is 1. The van der Waals surface area contributed by atoms with E-state index in [9.17, 15) is 9.59 Å². The Bertz CT molecular complexity index is 507. The Kier molecular flexibility index (Phi) is 3.57. The molecule has 19 heavy (non-hydrogen) atoms. The van der Waals surface area contributed by atoms with E-state index in [4.69, 9.17) is 5.73 Å². The number of carbonyl (C=O) groups excluding carboxylic acids is 2. The third-order valence-electron chi connectivity index (χ3n) is 3.54. The monoisotopic (exact) mass is 261 g/mol. The number of nitrogens with one attached hydrogen (secondary N) is 1. The normalized spacial score (nSPS) is 15.7. The van der Waals surface area contributed by atoms with Crippen molar-refractivity contribution in [3.8, 4) is 0 Å². The molecular weight excluding hydrogens is 242 g/mol. The van der Waals surface area contributed by atoms with Crippen LogP contribution in [0.2, 0.25) is 0 Å². The van der Waals surface area contributed by atoms with E-state index < -0.39 is 5.41 Å². The van der Waals surface area contributed by atoms with Gasteiger partial charge in [-0.2, -0.15) is 0 Å². The summed E-state index contributed by atoms with van der Waals surface area (Å²) in [6.45, 7) is 0.350. The number of hydrogen-bond donors (Lipinski definition) is 2. The average Bonchev–Trinajstić information content (AvgIpc) is 3.19. The van der Waals surface area contributed by atoms with Crippen molar-refractivity contribution in [3.63, 3.8) is 0 Å². The average molecular weight is 261 g/mol. The molecule has 1 aliphatic carbocycles. The van der Waals surface area contributed by atoms with Gasteiger partial charge < -0.3 is 16.0 Å². The summed E-state index contributed by atoms with van der Waals surface area (Å²) < 4.78 is 0. The fourth-order valence-electron chi connectivity index (χ4n) is 1.95. The molecule has 0 radical (unpaired) electrons. The van der Waals surface area contributed by atoms with Crippen molar-refractivity contribution in [2.45, 2.75) is 12.8 Å². The first-order valence-corrected chi connectivity index (χ1v) is 6.32. The van der Waals surface area contributed by atoms with E-state index in [-0.39, 0.29) is 11.8 Å². The molecule has 1 fully saturated rings. The predicted molar refractivity (Wildman–Crippen MR) is 73.8 cm³/mol. The first kappa shape index (κ1) is 13.5. The minimum absolute atomic E-state index is 0.0889. The molecule has 3 N–H and O–H groups in total. The molecule has 0 aromatic heterocycles. The van der Waals surface area contributed by atoms with Crippen LogP contribution in [0.3, 0.4) is 0 Å². The lowest BCUT2D eigenvalue weighted by molar-refractivity contribution is -0.120. The molecule has 1 aliphatic rings. The summed E-state index contributed by atoms with van der Waals surface area (Å²) in [6.07, 6.45) is 1.64. The molecule has 0 atom stereocenters. The Morgan fingerprint density at radius 3 is 2.47 bits per heavy atom. The molecule has 5 heteroatoms. The van der Waals surface area contributed by atoms with Gasteiger partial charge in [0.05, 0.1) is 16.7 Å². The van der Waals surface area contributed by atoms with Crippen LogP contribution in [0.15, 0.2) is 24.3 Å². The lowest BCUT2D eigenvalue weighted by Gasteiger charge is -2.17. The zero-order chi connectivity index (χ0) is 14.0. The Labute approximate surface area is 112 Å². The molecule has 0 aliphatic heterocycles. The van der Waals surface area contributed by atoms with E-state index in [2.05, 4.69) is 5.32 Å². The van der Waals surface area contributed by atoms with E-state index >= 15 is 0 Å². The van der Waals surface area contributed by atoms with Gasteiger partial charge in [-0.05, 0) is 25.0 Å². The SMILES string of the molecule is CN(C)C(=O)c1ccccc1NC(=O)C1(CN)CC1. The fourth-order valence-corrected chi connectivity index (χ4v) is 1.95. The summed E-state index contributed by atoms with van der Waals surface area (Å²) >= 11 is 0. The summed E-state index contributed by atoms with van der Waals surface area (Å²) in [4.78, 5) is 25.7. The molecule has 5 nitrogen and oxygen atoms in total. The second-order valence-corrected chi connectivity index (χ2v) is 5.18. The van der Waals surface area contributed by atoms with Gasteiger partial charge >= 0.3 is 0 Å². The second-order valence-electron chi connectivity index (χ2n) is 5.18. The number of carbonyl (C=O) groups is 2. The van der Waals surface area contributed by atoms with Crippen molar-refractivity contribution in [1.82, 2.24) is 4.90 Å². The van der Waals surface area contributed by atoms with E-state index in [0.717, 1.165) is 12.8 Å². The Hall–Kier alpha value is -1.88. The highest BCUT2D eigenvalue weighted by Crippen LogP contribution is 2.45. The minimum atomic E-state index is -0.422. The highest BCUT2D eigenvalue weighted by molar-refractivity contribution is 6.05. The summed E-state index contributed by atoms with van der Waals surface area (Å²) in [5.41, 5.74) is 6.25. The van der Waals surface area contributed by atoms with Crippen LogP contribution in [0.25, 0.3) is 0 Å². The van der Waals surface area contributed by atoms with Crippen LogP contribution in [0.5, 0.6) is 0 Å². The first-order valence-electron chi connectivity index (χ1n) is 6.32. The van der Waals surface area contributed by atoms with E-state index in [1.54, 1.807) is 38.4 Å². The molecule has 1 aromatic carbocycles. The molecule has 2 rings (SSSR count). The maximum absolute atomic E-state index is 12.2. The van der Waals surface area contributed by atoms with E-state index in [1.165, 1.54) is 4.90 Å². The van der Waals surface area contributed by atoms with Crippen molar-refractivity contribution in [2.75, 3.05) is 26.0 Å². The number of hydrogen-bond acceptors (Lipinski definition) is 3. The number of benzene rings is 1. The summed E-state index contributed by atoms with van der Waals surface area (Å²) in [5, 5.41) is 2.83. The third kappa shape index (κ3) is 2.61. The van der Waals surface area contributed by atoms with Crippen molar-refractivity contribution >= 4 is 17.5 Å². The van der Waals surface area contributed by atoms with Gasteiger partial charge in [-0.1, -0.05) is 12.1 Å². The number of para-hydroxylation sites is 1. The predicted octanol–water partition coefficient (Wildman–Crippen LogP) is 1.07. The van der Waals surface area contributed by atoms with Gasteiger partial charge in [0.1, 0.15) is 0 Å². The van der Waals surface area contributed by atoms with Gasteiger partial charge in [0.25, 0.3) is 5.91 Å². The summed E-state index contributed by atoms with van der Waals surface area (Å²) in [5.74, 6) is -0.220. The Morgan fingerprint density at radius 1 is 1.32 bits per heavy atom. The smallest absolute Gasteiger partial charge is 0.255 e. The van der Waals surface area contributed by atoms with Crippen LogP contribution in [0.4, 0.5) is 5.69 Å². The van der Waals surface area contributed by atoms with Gasteiger partial charge in [-0.3, -0.25) is 9.59 Å². The summed E-state index contributed by atoms with van der Waals surface area (Å²) in [7, 11) is 3.37. The largest absolute Gasteiger partial charge is 0.345 e. The number of nitrogens with zero attached hydrogens (tertiary/aromatic N) is 1. The highest BCUT2D eigenvalue weighted by Gasteiger charge is 2.48. The molecule has 2 amide bonds. The molecule has 0 unspecified atom stereocenters. The number of rotatable bonds is 4. The van der Waals surface area contributed by atoms with Gasteiger partial charge in [-0.15, -0.1) is 0 Å². The zero-order valence-corrected chi connectivity index (χ0v) is 11.3. The van der Waals surface area contributed by atoms with E-state index in [1.807, 2.05) is 0 Å².